The number of hydrogen-bond donors (Lipinski definition) is 1. The number of aliphatic carboxylic acids is 1. The van der Waals surface area contributed by atoms with Gasteiger partial charge in [0.2, 0.25) is 0 Å². The number of ether oxygens (including phenoxy) is 1. The Morgan fingerprint density at radius 1 is 1.12 bits per heavy atom. The number of carboxylic acid groups (broad SMARTS) is 1. The van der Waals surface area contributed by atoms with Crippen LogP contribution in [0.5, 0.6) is 11.5 Å². The first-order valence-electron chi connectivity index (χ1n) is 11.2. The van der Waals surface area contributed by atoms with E-state index in [9.17, 15) is 9.90 Å². The summed E-state index contributed by atoms with van der Waals surface area (Å²) in [6.45, 7) is 9.37. The maximum absolute atomic E-state index is 11.5. The van der Waals surface area contributed by atoms with E-state index in [1.165, 1.54) is 5.56 Å². The topological polar surface area (TPSA) is 65.4 Å². The van der Waals surface area contributed by atoms with Gasteiger partial charge in [0.1, 0.15) is 17.3 Å². The second kappa shape index (κ2) is 9.12. The van der Waals surface area contributed by atoms with E-state index in [-0.39, 0.29) is 0 Å². The molecule has 32 heavy (non-hydrogen) atoms. The van der Waals surface area contributed by atoms with Crippen LogP contribution in [-0.2, 0) is 11.2 Å². The van der Waals surface area contributed by atoms with E-state index in [0.29, 0.717) is 17.3 Å². The molecule has 2 aromatic rings. The highest BCUT2D eigenvalue weighted by atomic mass is 35.5. The number of carboxylic acids is 1. The fraction of sp³-hybridized carbons (Fsp3) is 0.440. The minimum Gasteiger partial charge on any atom is -0.481 e. The van der Waals surface area contributed by atoms with Crippen molar-refractivity contribution in [3.8, 4) is 11.5 Å². The first kappa shape index (κ1) is 22.6. The molecule has 0 radical (unpaired) electrons. The number of nitrogens with zero attached hydrogens (tertiary/aromatic N) is 3. The molecule has 2 aliphatic rings. The first-order valence-corrected chi connectivity index (χ1v) is 11.5. The molecular formula is C25H30ClN3O3. The molecule has 0 bridgehead atoms. The molecule has 2 aliphatic heterocycles. The zero-order valence-corrected chi connectivity index (χ0v) is 19.7. The van der Waals surface area contributed by atoms with Crippen molar-refractivity contribution >= 4 is 29.1 Å². The minimum atomic E-state index is -0.768. The van der Waals surface area contributed by atoms with Gasteiger partial charge in [-0.3, -0.25) is 9.69 Å². The number of piperazine rings is 1. The van der Waals surface area contributed by atoms with E-state index in [4.69, 9.17) is 21.3 Å². The number of hydrogen-bond acceptors (Lipinski definition) is 5. The molecule has 0 spiro atoms. The summed E-state index contributed by atoms with van der Waals surface area (Å²) in [6, 6.07) is 11.9. The average molecular weight is 456 g/mol. The quantitative estimate of drug-likeness (QED) is 0.670. The largest absolute Gasteiger partial charge is 0.481 e. The molecule has 0 saturated carbocycles. The molecule has 0 unspecified atom stereocenters. The third-order valence-electron chi connectivity index (χ3n) is 6.06. The van der Waals surface area contributed by atoms with Crippen LogP contribution in [0.4, 0.5) is 5.69 Å². The van der Waals surface area contributed by atoms with Crippen molar-refractivity contribution in [3.63, 3.8) is 0 Å². The Bertz CT molecular complexity index is 1040. The van der Waals surface area contributed by atoms with Gasteiger partial charge in [-0.25, -0.2) is 4.99 Å². The van der Waals surface area contributed by atoms with Gasteiger partial charge in [-0.2, -0.15) is 0 Å². The lowest BCUT2D eigenvalue weighted by molar-refractivity contribution is -0.148. The third kappa shape index (κ3) is 4.76. The Morgan fingerprint density at radius 3 is 2.56 bits per heavy atom. The molecule has 0 aromatic heterocycles. The minimum absolute atomic E-state index is 0.532. The number of rotatable bonds is 5. The lowest BCUT2D eigenvalue weighted by Crippen LogP contribution is -2.52. The van der Waals surface area contributed by atoms with Crippen LogP contribution >= 0.6 is 11.6 Å². The van der Waals surface area contributed by atoms with Crippen molar-refractivity contribution in [2.45, 2.75) is 33.6 Å². The van der Waals surface area contributed by atoms with E-state index in [2.05, 4.69) is 34.9 Å². The smallest absolute Gasteiger partial charge is 0.310 e. The molecule has 4 rings (SSSR count). The highest BCUT2D eigenvalue weighted by Crippen LogP contribution is 2.40. The van der Waals surface area contributed by atoms with Crippen molar-refractivity contribution in [1.82, 2.24) is 9.80 Å². The van der Waals surface area contributed by atoms with E-state index >= 15 is 0 Å². The summed E-state index contributed by atoms with van der Waals surface area (Å²) in [5.41, 5.74) is 2.19. The fourth-order valence-corrected chi connectivity index (χ4v) is 4.38. The van der Waals surface area contributed by atoms with Gasteiger partial charge in [0.15, 0.2) is 5.75 Å². The fourth-order valence-electron chi connectivity index (χ4n) is 4.22. The van der Waals surface area contributed by atoms with Crippen molar-refractivity contribution in [3.05, 3.63) is 52.5 Å². The van der Waals surface area contributed by atoms with Crippen LogP contribution in [0, 0.1) is 5.41 Å². The van der Waals surface area contributed by atoms with Crippen molar-refractivity contribution < 1.29 is 14.6 Å². The van der Waals surface area contributed by atoms with E-state index in [1.807, 2.05) is 18.2 Å². The SMILES string of the molecule is CCCc1ccc2c(c1)Oc1cc(Cl)ccc1N=C2N1CCN(CC(C)(C)C(=O)O)CC1. The van der Waals surface area contributed by atoms with Gasteiger partial charge in [0, 0.05) is 43.8 Å². The van der Waals surface area contributed by atoms with Gasteiger partial charge >= 0.3 is 5.97 Å². The zero-order valence-electron chi connectivity index (χ0n) is 18.9. The van der Waals surface area contributed by atoms with Gasteiger partial charge in [-0.05, 0) is 50.1 Å². The van der Waals surface area contributed by atoms with E-state index < -0.39 is 11.4 Å². The monoisotopic (exact) mass is 455 g/mol. The highest BCUT2D eigenvalue weighted by molar-refractivity contribution is 6.30. The third-order valence-corrected chi connectivity index (χ3v) is 6.30. The number of fused-ring (bicyclic) bond motifs is 2. The second-order valence-corrected chi connectivity index (χ2v) is 9.62. The van der Waals surface area contributed by atoms with Crippen LogP contribution in [0.15, 0.2) is 41.4 Å². The molecule has 2 aromatic carbocycles. The molecule has 6 nitrogen and oxygen atoms in total. The van der Waals surface area contributed by atoms with Crippen LogP contribution < -0.4 is 4.74 Å². The number of benzene rings is 2. The molecule has 170 valence electrons. The lowest BCUT2D eigenvalue weighted by Gasteiger charge is -2.39. The van der Waals surface area contributed by atoms with Gasteiger partial charge in [0.25, 0.3) is 0 Å². The number of halogens is 1. The molecule has 2 heterocycles. The molecule has 1 saturated heterocycles. The second-order valence-electron chi connectivity index (χ2n) is 9.18. The van der Waals surface area contributed by atoms with Gasteiger partial charge in [0.05, 0.1) is 11.0 Å². The number of aliphatic imine (C=N–C) groups is 1. The number of amidine groups is 1. The van der Waals surface area contributed by atoms with Crippen molar-refractivity contribution in [2.24, 2.45) is 10.4 Å². The van der Waals surface area contributed by atoms with Crippen LogP contribution in [-0.4, -0.2) is 59.4 Å². The Hall–Kier alpha value is -2.57. The van der Waals surface area contributed by atoms with Crippen LogP contribution in [0.3, 0.4) is 0 Å². The summed E-state index contributed by atoms with van der Waals surface area (Å²) in [5, 5.41) is 10.1. The molecule has 0 atom stereocenters. The van der Waals surface area contributed by atoms with E-state index in [0.717, 1.165) is 61.9 Å². The Morgan fingerprint density at radius 2 is 1.88 bits per heavy atom. The molecule has 0 aliphatic carbocycles. The number of aryl methyl sites for hydroxylation is 1. The number of carbonyl (C=O) groups is 1. The highest BCUT2D eigenvalue weighted by Gasteiger charge is 2.32. The predicted molar refractivity (Wildman–Crippen MR) is 128 cm³/mol. The summed E-state index contributed by atoms with van der Waals surface area (Å²) in [6.07, 6.45) is 2.06. The Labute approximate surface area is 194 Å². The van der Waals surface area contributed by atoms with Crippen molar-refractivity contribution in [1.29, 1.82) is 0 Å². The van der Waals surface area contributed by atoms with E-state index in [1.54, 1.807) is 13.8 Å². The first-order chi connectivity index (χ1) is 15.3. The molecular weight excluding hydrogens is 426 g/mol. The summed E-state index contributed by atoms with van der Waals surface area (Å²) < 4.78 is 6.30. The summed E-state index contributed by atoms with van der Waals surface area (Å²) in [5.74, 6) is 1.58. The molecule has 7 heteroatoms. The average Bonchev–Trinajstić information content (AvgIpc) is 2.90. The summed E-state index contributed by atoms with van der Waals surface area (Å²) >= 11 is 6.23. The summed E-state index contributed by atoms with van der Waals surface area (Å²) in [7, 11) is 0. The normalized spacial score (nSPS) is 16.5. The maximum atomic E-state index is 11.5. The summed E-state index contributed by atoms with van der Waals surface area (Å²) in [4.78, 5) is 21.0. The molecule has 1 fully saturated rings. The van der Waals surface area contributed by atoms with Gasteiger partial charge in [-0.1, -0.05) is 31.0 Å². The van der Waals surface area contributed by atoms with Crippen LogP contribution in [0.2, 0.25) is 5.02 Å². The zero-order chi connectivity index (χ0) is 22.9. The molecule has 0 amide bonds. The lowest BCUT2D eigenvalue weighted by atomic mass is 9.93. The predicted octanol–water partition coefficient (Wildman–Crippen LogP) is 5.20. The van der Waals surface area contributed by atoms with Crippen LogP contribution in [0.1, 0.15) is 38.3 Å². The van der Waals surface area contributed by atoms with Crippen LogP contribution in [0.25, 0.3) is 0 Å². The van der Waals surface area contributed by atoms with Gasteiger partial charge < -0.3 is 14.7 Å². The van der Waals surface area contributed by atoms with Crippen molar-refractivity contribution in [2.75, 3.05) is 32.7 Å². The van der Waals surface area contributed by atoms with Gasteiger partial charge in [-0.15, -0.1) is 0 Å². The standard InChI is InChI=1S/C25H30ClN3O3/c1-4-5-17-6-8-19-21(14-17)32-22-15-18(26)7-9-20(22)27-23(19)29-12-10-28(11-13-29)16-25(2,3)24(30)31/h6-9,14-15H,4-5,10-13,16H2,1-3H3,(H,30,31). The maximum Gasteiger partial charge on any atom is 0.310 e. The Balaban J connectivity index is 1.63. The Kier molecular flexibility index (Phi) is 6.45. The molecule has 1 N–H and O–H groups in total.